The fourth-order valence-electron chi connectivity index (χ4n) is 3.85. The molecule has 0 spiro atoms. The van der Waals surface area contributed by atoms with Crippen molar-refractivity contribution in [3.05, 3.63) is 58.9 Å². The molecule has 2 aromatic rings. The number of benzene rings is 1. The van der Waals surface area contributed by atoms with Crippen molar-refractivity contribution in [2.75, 3.05) is 25.0 Å². The van der Waals surface area contributed by atoms with Crippen molar-refractivity contribution in [2.24, 2.45) is 5.92 Å². The van der Waals surface area contributed by atoms with Gasteiger partial charge in [-0.15, -0.1) is 0 Å². The van der Waals surface area contributed by atoms with Gasteiger partial charge in [-0.05, 0) is 54.4 Å². The van der Waals surface area contributed by atoms with Crippen molar-refractivity contribution < 1.29 is 22.4 Å². The Hall–Kier alpha value is -2.23. The van der Waals surface area contributed by atoms with Crippen LogP contribution in [0, 0.1) is 12.8 Å². The van der Waals surface area contributed by atoms with Crippen molar-refractivity contribution in [3.8, 4) is 0 Å². The number of nitrogens with one attached hydrogen (secondary N) is 2. The average molecular weight is 494 g/mol. The summed E-state index contributed by atoms with van der Waals surface area (Å²) in [7, 11) is -1.88. The second kappa shape index (κ2) is 9.79. The number of pyridine rings is 1. The summed E-state index contributed by atoms with van der Waals surface area (Å²) in [5, 5.41) is 6.12. The molecule has 5 nitrogen and oxygen atoms in total. The minimum absolute atomic E-state index is 0.00475. The molecule has 0 bridgehead atoms. The molecule has 1 aliphatic rings. The Labute approximate surface area is 200 Å². The van der Waals surface area contributed by atoms with Crippen molar-refractivity contribution >= 4 is 19.9 Å². The zero-order valence-corrected chi connectivity index (χ0v) is 21.6. The molecular formula is C25H34F3N3O2Si. The lowest BCUT2D eigenvalue weighted by Gasteiger charge is -2.37. The summed E-state index contributed by atoms with van der Waals surface area (Å²) in [4.78, 5) is 16.5. The third-order valence-corrected chi connectivity index (χ3v) is 11.6. The van der Waals surface area contributed by atoms with Crippen molar-refractivity contribution in [1.82, 2.24) is 10.3 Å². The van der Waals surface area contributed by atoms with E-state index < -0.39 is 26.0 Å². The Balaban J connectivity index is 1.77. The maximum Gasteiger partial charge on any atom is 0.417 e. The molecule has 2 atom stereocenters. The van der Waals surface area contributed by atoms with E-state index in [1.807, 2.05) is 19.1 Å². The maximum atomic E-state index is 13.0. The number of aromatic nitrogens is 1. The van der Waals surface area contributed by atoms with E-state index in [1.165, 1.54) is 6.20 Å². The van der Waals surface area contributed by atoms with Gasteiger partial charge >= 0.3 is 6.18 Å². The summed E-state index contributed by atoms with van der Waals surface area (Å²) in [6, 6.07) is 6.31. The second-order valence-electron chi connectivity index (χ2n) is 10.6. The Morgan fingerprint density at radius 3 is 2.53 bits per heavy atom. The molecule has 0 saturated carbocycles. The third-order valence-electron chi connectivity index (χ3n) is 7.07. The summed E-state index contributed by atoms with van der Waals surface area (Å²) in [6.45, 7) is 15.4. The first-order valence-corrected chi connectivity index (χ1v) is 14.4. The van der Waals surface area contributed by atoms with Crippen LogP contribution in [-0.4, -0.2) is 38.9 Å². The fourth-order valence-corrected chi connectivity index (χ4v) is 4.92. The van der Waals surface area contributed by atoms with Crippen LogP contribution in [0.5, 0.6) is 0 Å². The predicted molar refractivity (Wildman–Crippen MR) is 131 cm³/mol. The summed E-state index contributed by atoms with van der Waals surface area (Å²) in [6.07, 6.45) is -2.59. The number of nitrogens with zero attached hydrogens (tertiary/aromatic N) is 1. The van der Waals surface area contributed by atoms with Gasteiger partial charge in [0.2, 0.25) is 0 Å². The molecule has 1 saturated heterocycles. The SMILES string of the molecule is Cc1ccc(C(=O)Nc2cncc(C(F)(F)F)c2)cc1[C@H]1CNC[C@@H]1CO[Si](C)(C)C(C)(C)C. The zero-order valence-electron chi connectivity index (χ0n) is 20.6. The number of hydrogen-bond acceptors (Lipinski definition) is 4. The van der Waals surface area contributed by atoms with Crippen LogP contribution in [0.2, 0.25) is 18.1 Å². The second-order valence-corrected chi connectivity index (χ2v) is 15.4. The largest absolute Gasteiger partial charge is 0.417 e. The lowest BCUT2D eigenvalue weighted by atomic mass is 9.86. The van der Waals surface area contributed by atoms with E-state index in [0.29, 0.717) is 12.2 Å². The van der Waals surface area contributed by atoms with E-state index in [4.69, 9.17) is 4.43 Å². The van der Waals surface area contributed by atoms with E-state index in [2.05, 4.69) is 49.5 Å². The first-order valence-electron chi connectivity index (χ1n) is 11.5. The van der Waals surface area contributed by atoms with Crippen LogP contribution >= 0.6 is 0 Å². The molecular weight excluding hydrogens is 459 g/mol. The van der Waals surface area contributed by atoms with E-state index >= 15 is 0 Å². The number of hydrogen-bond donors (Lipinski definition) is 2. The van der Waals surface area contributed by atoms with Crippen LogP contribution in [0.4, 0.5) is 18.9 Å². The topological polar surface area (TPSA) is 63.2 Å². The van der Waals surface area contributed by atoms with Gasteiger partial charge < -0.3 is 15.1 Å². The molecule has 2 N–H and O–H groups in total. The van der Waals surface area contributed by atoms with Crippen LogP contribution < -0.4 is 10.6 Å². The molecule has 1 aromatic carbocycles. The fraction of sp³-hybridized carbons (Fsp3) is 0.520. The maximum absolute atomic E-state index is 13.0. The minimum atomic E-state index is -4.53. The highest BCUT2D eigenvalue weighted by Crippen LogP contribution is 2.38. The normalized spacial score (nSPS) is 19.3. The number of carbonyl (C=O) groups is 1. The number of anilines is 1. The van der Waals surface area contributed by atoms with E-state index in [9.17, 15) is 18.0 Å². The summed E-state index contributed by atoms with van der Waals surface area (Å²) < 4.78 is 45.4. The molecule has 0 aliphatic carbocycles. The molecule has 186 valence electrons. The van der Waals surface area contributed by atoms with Crippen molar-refractivity contribution in [2.45, 2.75) is 57.9 Å². The van der Waals surface area contributed by atoms with Gasteiger partial charge in [0.05, 0.1) is 17.4 Å². The van der Waals surface area contributed by atoms with Gasteiger partial charge in [-0.2, -0.15) is 13.2 Å². The summed E-state index contributed by atoms with van der Waals surface area (Å²) in [5.74, 6) is -0.00560. The molecule has 1 amide bonds. The van der Waals surface area contributed by atoms with E-state index in [0.717, 1.165) is 36.5 Å². The smallest absolute Gasteiger partial charge is 0.416 e. The molecule has 1 aliphatic heterocycles. The van der Waals surface area contributed by atoms with Crippen LogP contribution in [0.15, 0.2) is 36.7 Å². The lowest BCUT2D eigenvalue weighted by molar-refractivity contribution is -0.137. The molecule has 3 rings (SSSR count). The van der Waals surface area contributed by atoms with Crippen molar-refractivity contribution in [3.63, 3.8) is 0 Å². The van der Waals surface area contributed by atoms with Gasteiger partial charge in [0.15, 0.2) is 8.32 Å². The Morgan fingerprint density at radius 1 is 1.18 bits per heavy atom. The van der Waals surface area contributed by atoms with Crippen LogP contribution in [-0.2, 0) is 10.6 Å². The Bertz CT molecular complexity index is 1030. The third kappa shape index (κ3) is 6.06. The molecule has 0 unspecified atom stereocenters. The van der Waals surface area contributed by atoms with Gasteiger partial charge in [0, 0.05) is 43.3 Å². The number of amides is 1. The monoisotopic (exact) mass is 493 g/mol. The Morgan fingerprint density at radius 2 is 1.88 bits per heavy atom. The molecule has 1 aromatic heterocycles. The summed E-state index contributed by atoms with van der Waals surface area (Å²) in [5.41, 5.74) is 1.63. The van der Waals surface area contributed by atoms with E-state index in [1.54, 1.807) is 6.07 Å². The van der Waals surface area contributed by atoms with Gasteiger partial charge in [0.25, 0.3) is 5.91 Å². The van der Waals surface area contributed by atoms with Crippen molar-refractivity contribution in [1.29, 1.82) is 0 Å². The lowest BCUT2D eigenvalue weighted by Crippen LogP contribution is -2.42. The first-order chi connectivity index (χ1) is 15.7. The number of carbonyl (C=O) groups excluding carboxylic acids is 1. The summed E-state index contributed by atoms with van der Waals surface area (Å²) >= 11 is 0. The Kier molecular flexibility index (Phi) is 7.59. The quantitative estimate of drug-likeness (QED) is 0.486. The van der Waals surface area contributed by atoms with Gasteiger partial charge in [-0.3, -0.25) is 9.78 Å². The molecule has 34 heavy (non-hydrogen) atoms. The molecule has 1 fully saturated rings. The highest BCUT2D eigenvalue weighted by molar-refractivity contribution is 6.74. The number of rotatable bonds is 6. The van der Waals surface area contributed by atoms with Crippen LogP contribution in [0.3, 0.4) is 0 Å². The van der Waals surface area contributed by atoms with E-state index in [-0.39, 0.29) is 22.6 Å². The predicted octanol–water partition coefficient (Wildman–Crippen LogP) is 5.99. The van der Waals surface area contributed by atoms with Gasteiger partial charge in [-0.25, -0.2) is 0 Å². The molecule has 2 heterocycles. The van der Waals surface area contributed by atoms with Gasteiger partial charge in [0.1, 0.15) is 0 Å². The van der Waals surface area contributed by atoms with Gasteiger partial charge in [-0.1, -0.05) is 26.8 Å². The first kappa shape index (κ1) is 26.4. The molecule has 9 heteroatoms. The van der Waals surface area contributed by atoms with Crippen LogP contribution in [0.1, 0.15) is 53.7 Å². The number of alkyl halides is 3. The minimum Gasteiger partial charge on any atom is -0.416 e. The van der Waals surface area contributed by atoms with Crippen LogP contribution in [0.25, 0.3) is 0 Å². The average Bonchev–Trinajstić information content (AvgIpc) is 3.20. The highest BCUT2D eigenvalue weighted by atomic mass is 28.4. The standard InChI is InChI=1S/C25H34F3N3O2Si/c1-16-7-8-17(23(32)31-20-10-19(12-30-13-20)25(26,27)28)9-21(16)22-14-29-11-18(22)15-33-34(5,6)24(2,3)4/h7-10,12-13,18,22,29H,11,14-15H2,1-6H3,(H,31,32)/t18-,22+/m1/s1. The zero-order chi connectivity index (χ0) is 25.3. The number of halogens is 3. The highest BCUT2D eigenvalue weighted by Gasteiger charge is 2.39. The molecule has 0 radical (unpaired) electrons. The number of aryl methyl sites for hydroxylation is 1.